The largest absolute Gasteiger partial charge is 0.332 e. The Morgan fingerprint density at radius 3 is 2.75 bits per heavy atom. The number of hydrogen-bond donors (Lipinski definition) is 3. The predicted octanol–water partition coefficient (Wildman–Crippen LogP) is 2.48. The van der Waals surface area contributed by atoms with Crippen LogP contribution in [0, 0.1) is 0 Å². The van der Waals surface area contributed by atoms with E-state index in [4.69, 9.17) is 0 Å². The van der Waals surface area contributed by atoms with Gasteiger partial charge in [0, 0.05) is 25.0 Å². The molecule has 1 saturated carbocycles. The van der Waals surface area contributed by atoms with Crippen LogP contribution in [0.2, 0.25) is 0 Å². The number of likely N-dealkylation sites (tertiary alicyclic amines) is 1. The number of carbonyl (C=O) groups excluding carboxylic acids is 1. The van der Waals surface area contributed by atoms with Crippen molar-refractivity contribution in [1.29, 1.82) is 0 Å². The molecule has 0 bridgehead atoms. The third-order valence-corrected chi connectivity index (χ3v) is 5.82. The normalized spacial score (nSPS) is 17.9. The number of nitrogens with zero attached hydrogens (tertiary/aromatic N) is 3. The van der Waals surface area contributed by atoms with Crippen LogP contribution in [0.1, 0.15) is 49.0 Å². The van der Waals surface area contributed by atoms with Gasteiger partial charge in [0.1, 0.15) is 0 Å². The first-order valence-electron chi connectivity index (χ1n) is 9.95. The molecule has 2 fully saturated rings. The van der Waals surface area contributed by atoms with Crippen molar-refractivity contribution in [3.8, 4) is 0 Å². The molecule has 2 aliphatic rings. The van der Waals surface area contributed by atoms with E-state index in [1.54, 1.807) is 0 Å². The van der Waals surface area contributed by atoms with Crippen molar-refractivity contribution in [3.05, 3.63) is 52.2 Å². The minimum Gasteiger partial charge on any atom is -0.332 e. The summed E-state index contributed by atoms with van der Waals surface area (Å²) in [6.07, 6.45) is 3.96. The van der Waals surface area contributed by atoms with Gasteiger partial charge in [-0.25, -0.2) is 9.59 Å². The molecule has 0 radical (unpaired) electrons. The molecule has 0 unspecified atom stereocenters. The van der Waals surface area contributed by atoms with Crippen molar-refractivity contribution in [2.75, 3.05) is 13.1 Å². The van der Waals surface area contributed by atoms with Crippen LogP contribution in [0.5, 0.6) is 0 Å². The number of H-pyrrole nitrogens is 2. The summed E-state index contributed by atoms with van der Waals surface area (Å²) < 4.78 is 1.84. The van der Waals surface area contributed by atoms with Crippen molar-refractivity contribution in [3.63, 3.8) is 0 Å². The fourth-order valence-corrected chi connectivity index (χ4v) is 4.10. The van der Waals surface area contributed by atoms with Gasteiger partial charge >= 0.3 is 11.7 Å². The highest BCUT2D eigenvalue weighted by Gasteiger charge is 2.27. The quantitative estimate of drug-likeness (QED) is 0.648. The maximum absolute atomic E-state index is 12.5. The average molecular weight is 380 g/mol. The first-order valence-corrected chi connectivity index (χ1v) is 9.95. The molecule has 8 nitrogen and oxygen atoms in total. The van der Waals surface area contributed by atoms with Crippen LogP contribution >= 0.6 is 0 Å². The van der Waals surface area contributed by atoms with E-state index in [-0.39, 0.29) is 17.8 Å². The van der Waals surface area contributed by atoms with Crippen LogP contribution in [0.25, 0.3) is 11.0 Å². The number of imidazole rings is 1. The van der Waals surface area contributed by atoms with E-state index in [0.717, 1.165) is 35.3 Å². The second-order valence-electron chi connectivity index (χ2n) is 7.79. The molecule has 2 aromatic heterocycles. The first-order chi connectivity index (χ1) is 13.7. The Bertz CT molecular complexity index is 1050. The van der Waals surface area contributed by atoms with Gasteiger partial charge in [0.25, 0.3) is 0 Å². The number of benzene rings is 1. The van der Waals surface area contributed by atoms with Crippen LogP contribution in [-0.2, 0) is 6.54 Å². The molecular formula is C20H24N6O2. The maximum atomic E-state index is 12.5. The second kappa shape index (κ2) is 6.85. The summed E-state index contributed by atoms with van der Waals surface area (Å²) in [5.41, 5.74) is 3.76. The van der Waals surface area contributed by atoms with Gasteiger partial charge in [-0.3, -0.25) is 9.67 Å². The molecule has 0 atom stereocenters. The van der Waals surface area contributed by atoms with E-state index < -0.39 is 0 Å². The molecular weight excluding hydrogens is 356 g/mol. The van der Waals surface area contributed by atoms with Crippen LogP contribution in [0.15, 0.2) is 35.1 Å². The molecule has 1 aromatic carbocycles. The Morgan fingerprint density at radius 1 is 1.18 bits per heavy atom. The topological polar surface area (TPSA) is 98.8 Å². The zero-order valence-corrected chi connectivity index (χ0v) is 15.6. The van der Waals surface area contributed by atoms with Gasteiger partial charge in [-0.05, 0) is 43.9 Å². The molecule has 8 heteroatoms. The Morgan fingerprint density at radius 2 is 1.96 bits per heavy atom. The molecule has 3 aromatic rings. The third-order valence-electron chi connectivity index (χ3n) is 5.82. The lowest BCUT2D eigenvalue weighted by Crippen LogP contribution is -2.45. The van der Waals surface area contributed by atoms with E-state index in [1.165, 1.54) is 12.8 Å². The van der Waals surface area contributed by atoms with E-state index in [9.17, 15) is 9.59 Å². The number of aromatic nitrogens is 4. The van der Waals surface area contributed by atoms with Gasteiger partial charge in [-0.1, -0.05) is 12.1 Å². The molecule has 1 saturated heterocycles. The number of amides is 2. The summed E-state index contributed by atoms with van der Waals surface area (Å²) >= 11 is 0. The number of fused-ring (bicyclic) bond motifs is 1. The first kappa shape index (κ1) is 17.1. The predicted molar refractivity (Wildman–Crippen MR) is 105 cm³/mol. The van der Waals surface area contributed by atoms with E-state index in [2.05, 4.69) is 20.5 Å². The number of piperidine rings is 1. The number of urea groups is 1. The third kappa shape index (κ3) is 3.19. The van der Waals surface area contributed by atoms with Crippen molar-refractivity contribution in [1.82, 2.24) is 30.0 Å². The highest BCUT2D eigenvalue weighted by Crippen LogP contribution is 2.39. The molecule has 5 rings (SSSR count). The van der Waals surface area contributed by atoms with Crippen LogP contribution in [0.4, 0.5) is 4.79 Å². The SMILES string of the molecule is O=C(NCc1cc(C2CC2)n[nH]1)N1CCC(n2c(=O)[nH]c3ccccc32)CC1. The molecule has 1 aliphatic carbocycles. The van der Waals surface area contributed by atoms with Gasteiger partial charge in [-0.2, -0.15) is 5.10 Å². The lowest BCUT2D eigenvalue weighted by molar-refractivity contribution is 0.171. The van der Waals surface area contributed by atoms with E-state index in [0.29, 0.717) is 25.6 Å². The van der Waals surface area contributed by atoms with Crippen LogP contribution in [-0.4, -0.2) is 43.8 Å². The summed E-state index contributed by atoms with van der Waals surface area (Å²) in [7, 11) is 0. The summed E-state index contributed by atoms with van der Waals surface area (Å²) in [6.45, 7) is 1.73. The average Bonchev–Trinajstić information content (AvgIpc) is 3.36. The molecule has 3 heterocycles. The fraction of sp³-hybridized carbons (Fsp3) is 0.450. The Kier molecular flexibility index (Phi) is 4.18. The van der Waals surface area contributed by atoms with Gasteiger partial charge in [-0.15, -0.1) is 0 Å². The van der Waals surface area contributed by atoms with Gasteiger partial charge in [0.15, 0.2) is 0 Å². The highest BCUT2D eigenvalue weighted by molar-refractivity contribution is 5.75. The molecule has 3 N–H and O–H groups in total. The minimum atomic E-state index is -0.0742. The number of aromatic amines is 2. The monoisotopic (exact) mass is 380 g/mol. The van der Waals surface area contributed by atoms with Crippen LogP contribution < -0.4 is 11.0 Å². The Labute approximate surface area is 161 Å². The summed E-state index contributed by atoms with van der Waals surface area (Å²) in [5, 5.41) is 10.3. The van der Waals surface area contributed by atoms with Crippen molar-refractivity contribution in [2.24, 2.45) is 0 Å². The van der Waals surface area contributed by atoms with Gasteiger partial charge in [0.2, 0.25) is 0 Å². The number of carbonyl (C=O) groups is 1. The standard InChI is InChI=1S/C20H24N6O2/c27-19(21-12-14-11-17(24-23-14)13-5-6-13)25-9-7-15(8-10-25)26-18-4-2-1-3-16(18)22-20(26)28/h1-4,11,13,15H,5-10,12H2,(H,21,27)(H,22,28)(H,23,24). The van der Waals surface area contributed by atoms with Gasteiger partial charge in [0.05, 0.1) is 29.0 Å². The zero-order valence-electron chi connectivity index (χ0n) is 15.6. The fourth-order valence-electron chi connectivity index (χ4n) is 4.10. The smallest absolute Gasteiger partial charge is 0.326 e. The number of rotatable bonds is 4. The molecule has 28 heavy (non-hydrogen) atoms. The second-order valence-corrected chi connectivity index (χ2v) is 7.79. The Balaban J connectivity index is 1.18. The lowest BCUT2D eigenvalue weighted by Gasteiger charge is -2.32. The number of para-hydroxylation sites is 2. The zero-order chi connectivity index (χ0) is 19.1. The Hall–Kier alpha value is -3.03. The number of nitrogens with one attached hydrogen (secondary N) is 3. The van der Waals surface area contributed by atoms with Crippen molar-refractivity contribution in [2.45, 2.75) is 44.2 Å². The summed E-state index contributed by atoms with van der Waals surface area (Å²) in [4.78, 5) is 29.6. The molecule has 1 aliphatic heterocycles. The van der Waals surface area contributed by atoms with Crippen LogP contribution in [0.3, 0.4) is 0 Å². The van der Waals surface area contributed by atoms with Gasteiger partial charge < -0.3 is 15.2 Å². The maximum Gasteiger partial charge on any atom is 0.326 e. The minimum absolute atomic E-state index is 0.0627. The summed E-state index contributed by atoms with van der Waals surface area (Å²) in [5.74, 6) is 0.604. The molecule has 146 valence electrons. The summed E-state index contributed by atoms with van der Waals surface area (Å²) in [6, 6.07) is 9.84. The van der Waals surface area contributed by atoms with Crippen molar-refractivity contribution < 1.29 is 4.79 Å². The number of hydrogen-bond acceptors (Lipinski definition) is 3. The van der Waals surface area contributed by atoms with Crippen molar-refractivity contribution >= 4 is 17.1 Å². The molecule has 0 spiro atoms. The van der Waals surface area contributed by atoms with E-state index >= 15 is 0 Å². The van der Waals surface area contributed by atoms with E-state index in [1.807, 2.05) is 39.8 Å². The lowest BCUT2D eigenvalue weighted by atomic mass is 10.0. The molecule has 2 amide bonds. The highest BCUT2D eigenvalue weighted by atomic mass is 16.2.